The molecular weight excluding hydrogens is 210 g/mol. The molecule has 1 aliphatic rings. The molecular formula is C10H15N3OS. The maximum Gasteiger partial charge on any atom is 0.242 e. The minimum Gasteiger partial charge on any atom is -0.315 e. The molecule has 0 aromatic carbocycles. The molecule has 4 nitrogen and oxygen atoms in total. The van der Waals surface area contributed by atoms with Crippen molar-refractivity contribution in [3.05, 3.63) is 10.7 Å². The number of aromatic nitrogens is 1. The Morgan fingerprint density at radius 1 is 1.60 bits per heavy atom. The van der Waals surface area contributed by atoms with E-state index in [2.05, 4.69) is 15.6 Å². The van der Waals surface area contributed by atoms with Gasteiger partial charge in [-0.15, -0.1) is 11.3 Å². The van der Waals surface area contributed by atoms with Crippen molar-refractivity contribution >= 4 is 22.2 Å². The summed E-state index contributed by atoms with van der Waals surface area (Å²) < 4.78 is 0. The Bertz CT molecular complexity index is 369. The van der Waals surface area contributed by atoms with Crippen LogP contribution in [0.15, 0.2) is 0 Å². The zero-order valence-corrected chi connectivity index (χ0v) is 9.78. The van der Waals surface area contributed by atoms with Gasteiger partial charge in [0.05, 0.1) is 16.7 Å². The molecule has 1 fully saturated rings. The van der Waals surface area contributed by atoms with Gasteiger partial charge in [-0.05, 0) is 33.2 Å². The lowest BCUT2D eigenvalue weighted by atomic mass is 10.2. The van der Waals surface area contributed by atoms with Gasteiger partial charge in [0.2, 0.25) is 5.91 Å². The molecule has 1 amide bonds. The molecule has 1 atom stereocenters. The summed E-state index contributed by atoms with van der Waals surface area (Å²) in [6.07, 6.45) is 2.02. The summed E-state index contributed by atoms with van der Waals surface area (Å²) in [4.78, 5) is 16.1. The van der Waals surface area contributed by atoms with Crippen LogP contribution in [-0.2, 0) is 4.79 Å². The number of nitrogens with zero attached hydrogens (tertiary/aromatic N) is 1. The summed E-state index contributed by atoms with van der Waals surface area (Å²) in [6.45, 7) is 4.81. The number of thiazole rings is 1. The molecule has 1 aromatic rings. The topological polar surface area (TPSA) is 54.0 Å². The van der Waals surface area contributed by atoms with Crippen LogP contribution >= 0.6 is 11.3 Å². The minimum atomic E-state index is -0.0215. The first-order valence-electron chi connectivity index (χ1n) is 5.15. The van der Waals surface area contributed by atoms with Gasteiger partial charge in [-0.1, -0.05) is 0 Å². The van der Waals surface area contributed by atoms with E-state index in [-0.39, 0.29) is 11.9 Å². The molecule has 0 spiro atoms. The second-order valence-electron chi connectivity index (χ2n) is 3.79. The van der Waals surface area contributed by atoms with E-state index in [0.717, 1.165) is 35.1 Å². The quantitative estimate of drug-likeness (QED) is 0.801. The van der Waals surface area contributed by atoms with E-state index in [1.165, 1.54) is 11.3 Å². The molecule has 1 aromatic heterocycles. The monoisotopic (exact) mass is 225 g/mol. The molecule has 15 heavy (non-hydrogen) atoms. The molecule has 0 unspecified atom stereocenters. The molecule has 0 bridgehead atoms. The summed E-state index contributed by atoms with van der Waals surface area (Å²) in [7, 11) is 0. The van der Waals surface area contributed by atoms with Gasteiger partial charge in [-0.2, -0.15) is 0 Å². The summed E-state index contributed by atoms with van der Waals surface area (Å²) in [5, 5.41) is 7.97. The summed E-state index contributed by atoms with van der Waals surface area (Å²) in [5.41, 5.74) is 0.906. The Kier molecular flexibility index (Phi) is 3.02. The van der Waals surface area contributed by atoms with Gasteiger partial charge in [0.25, 0.3) is 0 Å². The number of hydrogen-bond acceptors (Lipinski definition) is 4. The maximum atomic E-state index is 11.8. The SMILES string of the molecule is Cc1nc(C)c(NC(=O)[C@@H]2CCCN2)s1. The molecule has 0 aliphatic carbocycles. The molecule has 0 saturated carbocycles. The van der Waals surface area contributed by atoms with Crippen molar-refractivity contribution in [3.63, 3.8) is 0 Å². The van der Waals surface area contributed by atoms with Crippen LogP contribution < -0.4 is 10.6 Å². The highest BCUT2D eigenvalue weighted by molar-refractivity contribution is 7.16. The fourth-order valence-electron chi connectivity index (χ4n) is 1.75. The minimum absolute atomic E-state index is 0.0215. The number of carbonyl (C=O) groups excluding carboxylic acids is 1. The van der Waals surface area contributed by atoms with E-state index in [9.17, 15) is 4.79 Å². The number of rotatable bonds is 2. The third kappa shape index (κ3) is 2.35. The Morgan fingerprint density at radius 2 is 2.40 bits per heavy atom. The first kappa shape index (κ1) is 10.6. The van der Waals surface area contributed by atoms with Crippen molar-refractivity contribution in [2.75, 3.05) is 11.9 Å². The fourth-order valence-corrected chi connectivity index (χ4v) is 2.58. The predicted octanol–water partition coefficient (Wildman–Crippen LogP) is 1.45. The molecule has 2 rings (SSSR count). The molecule has 1 aliphatic heterocycles. The second-order valence-corrected chi connectivity index (χ2v) is 4.99. The molecule has 82 valence electrons. The van der Waals surface area contributed by atoms with Crippen LogP contribution in [0.2, 0.25) is 0 Å². The predicted molar refractivity (Wildman–Crippen MR) is 61.2 cm³/mol. The summed E-state index contributed by atoms with van der Waals surface area (Å²) in [6, 6.07) is -0.0215. The Hall–Kier alpha value is -0.940. The van der Waals surface area contributed by atoms with Crippen LogP contribution in [0.3, 0.4) is 0 Å². The van der Waals surface area contributed by atoms with Crippen molar-refractivity contribution in [3.8, 4) is 0 Å². The van der Waals surface area contributed by atoms with Crippen molar-refractivity contribution in [1.82, 2.24) is 10.3 Å². The van der Waals surface area contributed by atoms with Crippen LogP contribution in [0.1, 0.15) is 23.5 Å². The third-order valence-electron chi connectivity index (χ3n) is 2.52. The van der Waals surface area contributed by atoms with Crippen molar-refractivity contribution in [2.24, 2.45) is 0 Å². The van der Waals surface area contributed by atoms with Crippen LogP contribution in [0.25, 0.3) is 0 Å². The zero-order valence-electron chi connectivity index (χ0n) is 8.96. The first-order chi connectivity index (χ1) is 7.16. The maximum absolute atomic E-state index is 11.8. The van der Waals surface area contributed by atoms with E-state index in [1.54, 1.807) is 0 Å². The average molecular weight is 225 g/mol. The van der Waals surface area contributed by atoms with Crippen LogP contribution in [0.5, 0.6) is 0 Å². The molecule has 1 saturated heterocycles. The largest absolute Gasteiger partial charge is 0.315 e. The number of carbonyl (C=O) groups is 1. The Labute approximate surface area is 93.1 Å². The van der Waals surface area contributed by atoms with Gasteiger partial charge in [-0.3, -0.25) is 4.79 Å². The first-order valence-corrected chi connectivity index (χ1v) is 5.97. The third-order valence-corrected chi connectivity index (χ3v) is 3.51. The van der Waals surface area contributed by atoms with Gasteiger partial charge in [0, 0.05) is 0 Å². The van der Waals surface area contributed by atoms with E-state index in [1.807, 2.05) is 13.8 Å². The Balaban J connectivity index is 2.01. The van der Waals surface area contributed by atoms with E-state index in [4.69, 9.17) is 0 Å². The van der Waals surface area contributed by atoms with E-state index >= 15 is 0 Å². The van der Waals surface area contributed by atoms with Gasteiger partial charge < -0.3 is 10.6 Å². The number of hydrogen-bond donors (Lipinski definition) is 2. The van der Waals surface area contributed by atoms with Gasteiger partial charge in [-0.25, -0.2) is 4.98 Å². The normalized spacial score (nSPS) is 20.5. The fraction of sp³-hybridized carbons (Fsp3) is 0.600. The van der Waals surface area contributed by atoms with Crippen LogP contribution in [-0.4, -0.2) is 23.5 Å². The van der Waals surface area contributed by atoms with Crippen LogP contribution in [0.4, 0.5) is 5.00 Å². The lowest BCUT2D eigenvalue weighted by Gasteiger charge is -2.09. The smallest absolute Gasteiger partial charge is 0.242 e. The molecule has 0 radical (unpaired) electrons. The van der Waals surface area contributed by atoms with Crippen molar-refractivity contribution in [2.45, 2.75) is 32.7 Å². The summed E-state index contributed by atoms with van der Waals surface area (Å²) in [5.74, 6) is 0.0688. The highest BCUT2D eigenvalue weighted by atomic mass is 32.1. The average Bonchev–Trinajstić information content (AvgIpc) is 2.76. The molecule has 5 heteroatoms. The number of amides is 1. The Morgan fingerprint density at radius 3 is 2.93 bits per heavy atom. The number of nitrogens with one attached hydrogen (secondary N) is 2. The van der Waals surface area contributed by atoms with Crippen molar-refractivity contribution < 1.29 is 4.79 Å². The van der Waals surface area contributed by atoms with Crippen LogP contribution in [0, 0.1) is 13.8 Å². The number of anilines is 1. The lowest BCUT2D eigenvalue weighted by molar-refractivity contribution is -0.117. The lowest BCUT2D eigenvalue weighted by Crippen LogP contribution is -2.35. The highest BCUT2D eigenvalue weighted by Crippen LogP contribution is 2.23. The number of aryl methyl sites for hydroxylation is 2. The van der Waals surface area contributed by atoms with Gasteiger partial charge >= 0.3 is 0 Å². The summed E-state index contributed by atoms with van der Waals surface area (Å²) >= 11 is 1.53. The van der Waals surface area contributed by atoms with Gasteiger partial charge in [0.15, 0.2) is 0 Å². The van der Waals surface area contributed by atoms with E-state index < -0.39 is 0 Å². The standard InChI is InChI=1S/C10H15N3OS/c1-6-10(15-7(2)12-6)13-9(14)8-4-3-5-11-8/h8,11H,3-5H2,1-2H3,(H,13,14)/t8-/m0/s1. The van der Waals surface area contributed by atoms with Gasteiger partial charge in [0.1, 0.15) is 5.00 Å². The molecule has 2 heterocycles. The van der Waals surface area contributed by atoms with E-state index in [0.29, 0.717) is 0 Å². The zero-order chi connectivity index (χ0) is 10.8. The second kappa shape index (κ2) is 4.28. The van der Waals surface area contributed by atoms with Crippen molar-refractivity contribution in [1.29, 1.82) is 0 Å². The molecule has 2 N–H and O–H groups in total. The highest BCUT2D eigenvalue weighted by Gasteiger charge is 2.22.